The lowest BCUT2D eigenvalue weighted by atomic mass is 9.99. The molecule has 1 aromatic heterocycles. The van der Waals surface area contributed by atoms with Crippen molar-refractivity contribution in [3.8, 4) is 0 Å². The average Bonchev–Trinajstić information content (AvgIpc) is 3.11. The van der Waals surface area contributed by atoms with E-state index in [0.717, 1.165) is 34.2 Å². The van der Waals surface area contributed by atoms with Crippen LogP contribution in [0.25, 0.3) is 10.8 Å². The monoisotopic (exact) mass is 378 g/mol. The molecule has 3 aromatic rings. The molecule has 0 fully saturated rings. The van der Waals surface area contributed by atoms with E-state index in [4.69, 9.17) is 0 Å². The van der Waals surface area contributed by atoms with E-state index in [0.29, 0.717) is 0 Å². The molecule has 0 unspecified atom stereocenters. The van der Waals surface area contributed by atoms with E-state index in [2.05, 4.69) is 5.32 Å². The first kappa shape index (κ1) is 17.7. The number of amides is 2. The Morgan fingerprint density at radius 3 is 2.70 bits per heavy atom. The number of benzene rings is 2. The van der Waals surface area contributed by atoms with E-state index >= 15 is 0 Å². The number of carbonyl (C=O) groups is 2. The van der Waals surface area contributed by atoms with Gasteiger partial charge in [-0.25, -0.2) is 0 Å². The Bertz CT molecular complexity index is 980. The largest absolute Gasteiger partial charge is 0.332 e. The van der Waals surface area contributed by atoms with Crippen LogP contribution in [0.4, 0.5) is 5.69 Å². The highest BCUT2D eigenvalue weighted by atomic mass is 32.1. The summed E-state index contributed by atoms with van der Waals surface area (Å²) in [5.41, 5.74) is 2.08. The van der Waals surface area contributed by atoms with Gasteiger partial charge in [0.25, 0.3) is 5.91 Å². The Hall–Kier alpha value is -2.66. The van der Waals surface area contributed by atoms with Gasteiger partial charge in [-0.2, -0.15) is 0 Å². The highest BCUT2D eigenvalue weighted by Gasteiger charge is 2.21. The van der Waals surface area contributed by atoms with Gasteiger partial charge in [0.2, 0.25) is 5.91 Å². The molecular formula is C22H22N2O2S. The smallest absolute Gasteiger partial charge is 0.264 e. The molecule has 0 radical (unpaired) electrons. The van der Waals surface area contributed by atoms with Gasteiger partial charge in [-0.1, -0.05) is 36.4 Å². The van der Waals surface area contributed by atoms with E-state index in [-0.39, 0.29) is 18.4 Å². The van der Waals surface area contributed by atoms with Crippen LogP contribution in [0.5, 0.6) is 0 Å². The fourth-order valence-electron chi connectivity index (χ4n) is 3.60. The van der Waals surface area contributed by atoms with E-state index in [1.807, 2.05) is 48.5 Å². The Morgan fingerprint density at radius 2 is 1.85 bits per heavy atom. The first-order valence-corrected chi connectivity index (χ1v) is 10.1. The molecule has 0 aliphatic heterocycles. The average molecular weight is 378 g/mol. The number of nitrogens with zero attached hydrogens (tertiary/aromatic N) is 1. The van der Waals surface area contributed by atoms with E-state index in [1.165, 1.54) is 28.2 Å². The van der Waals surface area contributed by atoms with Gasteiger partial charge in [-0.15, -0.1) is 11.3 Å². The van der Waals surface area contributed by atoms with Crippen molar-refractivity contribution in [3.63, 3.8) is 0 Å². The molecule has 1 aliphatic carbocycles. The van der Waals surface area contributed by atoms with Gasteiger partial charge >= 0.3 is 0 Å². The number of thiophene rings is 1. The number of anilines is 1. The summed E-state index contributed by atoms with van der Waals surface area (Å²) in [6.07, 6.45) is 4.52. The van der Waals surface area contributed by atoms with Crippen molar-refractivity contribution in [1.29, 1.82) is 0 Å². The van der Waals surface area contributed by atoms with Gasteiger partial charge in [-0.05, 0) is 48.8 Å². The standard InChI is InChI=1S/C22H22N2O2S/c1-24(22(26)20-13-16-8-3-5-12-19(16)27-20)14-21(25)23-18-11-6-9-15-7-2-4-10-17(15)18/h2,4,6-7,9-11,13H,3,5,8,12,14H2,1H3,(H,23,25). The van der Waals surface area contributed by atoms with E-state index < -0.39 is 0 Å². The molecular weight excluding hydrogens is 356 g/mol. The SMILES string of the molecule is CN(CC(=O)Nc1cccc2ccccc12)C(=O)c1cc2c(s1)CCCC2. The molecule has 1 aliphatic rings. The summed E-state index contributed by atoms with van der Waals surface area (Å²) in [6, 6.07) is 15.8. The minimum atomic E-state index is -0.191. The highest BCUT2D eigenvalue weighted by molar-refractivity contribution is 7.14. The first-order chi connectivity index (χ1) is 13.1. The lowest BCUT2D eigenvalue weighted by Gasteiger charge is -2.16. The van der Waals surface area contributed by atoms with Gasteiger partial charge in [-0.3, -0.25) is 9.59 Å². The Labute approximate surface area is 162 Å². The summed E-state index contributed by atoms with van der Waals surface area (Å²) in [5, 5.41) is 5.01. The second kappa shape index (κ2) is 7.53. The van der Waals surface area contributed by atoms with Crippen LogP contribution in [-0.4, -0.2) is 30.3 Å². The molecule has 138 valence electrons. The molecule has 0 spiro atoms. The molecule has 0 bridgehead atoms. The fourth-order valence-corrected chi connectivity index (χ4v) is 4.84. The summed E-state index contributed by atoms with van der Waals surface area (Å²) in [7, 11) is 1.68. The summed E-state index contributed by atoms with van der Waals surface area (Å²) in [5.74, 6) is -0.272. The Balaban J connectivity index is 1.44. The Kier molecular flexibility index (Phi) is 4.94. The minimum absolute atomic E-state index is 0.0324. The van der Waals surface area contributed by atoms with Crippen molar-refractivity contribution >= 4 is 39.6 Å². The zero-order valence-electron chi connectivity index (χ0n) is 15.3. The van der Waals surface area contributed by atoms with Crippen molar-refractivity contribution in [2.45, 2.75) is 25.7 Å². The van der Waals surface area contributed by atoms with Crippen LogP contribution < -0.4 is 5.32 Å². The molecule has 0 saturated heterocycles. The molecule has 5 heteroatoms. The summed E-state index contributed by atoms with van der Waals surface area (Å²) >= 11 is 1.58. The molecule has 4 nitrogen and oxygen atoms in total. The third kappa shape index (κ3) is 3.74. The molecule has 4 rings (SSSR count). The predicted molar refractivity (Wildman–Crippen MR) is 110 cm³/mol. The molecule has 1 N–H and O–H groups in total. The maximum absolute atomic E-state index is 12.7. The van der Waals surface area contributed by atoms with Gasteiger partial charge in [0.15, 0.2) is 0 Å². The second-order valence-corrected chi connectivity index (χ2v) is 8.14. The zero-order chi connectivity index (χ0) is 18.8. The first-order valence-electron chi connectivity index (χ1n) is 9.26. The number of likely N-dealkylation sites (N-methyl/N-ethyl adjacent to an activating group) is 1. The number of fused-ring (bicyclic) bond motifs is 2. The number of hydrogen-bond donors (Lipinski definition) is 1. The van der Waals surface area contributed by atoms with Crippen molar-refractivity contribution in [1.82, 2.24) is 4.90 Å². The van der Waals surface area contributed by atoms with Crippen molar-refractivity contribution < 1.29 is 9.59 Å². The normalized spacial score (nSPS) is 13.2. The van der Waals surface area contributed by atoms with E-state index in [9.17, 15) is 9.59 Å². The Morgan fingerprint density at radius 1 is 1.07 bits per heavy atom. The number of aryl methyl sites for hydroxylation is 2. The zero-order valence-corrected chi connectivity index (χ0v) is 16.1. The third-order valence-corrected chi connectivity index (χ3v) is 6.22. The maximum Gasteiger partial charge on any atom is 0.264 e. The van der Waals surface area contributed by atoms with Crippen LogP contribution in [0.15, 0.2) is 48.5 Å². The van der Waals surface area contributed by atoms with Crippen molar-refractivity contribution in [3.05, 3.63) is 63.8 Å². The van der Waals surface area contributed by atoms with E-state index in [1.54, 1.807) is 18.4 Å². The van der Waals surface area contributed by atoms with Crippen LogP contribution in [0, 0.1) is 0 Å². The second-order valence-electron chi connectivity index (χ2n) is 7.00. The minimum Gasteiger partial charge on any atom is -0.332 e. The molecule has 0 saturated carbocycles. The maximum atomic E-state index is 12.7. The lowest BCUT2D eigenvalue weighted by molar-refractivity contribution is -0.116. The topological polar surface area (TPSA) is 49.4 Å². The lowest BCUT2D eigenvalue weighted by Crippen LogP contribution is -2.34. The van der Waals surface area contributed by atoms with Crippen LogP contribution >= 0.6 is 11.3 Å². The molecule has 1 heterocycles. The van der Waals surface area contributed by atoms with Gasteiger partial charge in [0, 0.05) is 23.0 Å². The van der Waals surface area contributed by atoms with Gasteiger partial charge in [0.05, 0.1) is 11.4 Å². The predicted octanol–water partition coefficient (Wildman–Crippen LogP) is 4.49. The van der Waals surface area contributed by atoms with Crippen molar-refractivity contribution in [2.24, 2.45) is 0 Å². The van der Waals surface area contributed by atoms with Crippen LogP contribution in [0.1, 0.15) is 33.0 Å². The van der Waals surface area contributed by atoms with Crippen LogP contribution in [0.3, 0.4) is 0 Å². The fraction of sp³-hybridized carbons (Fsp3) is 0.273. The number of rotatable bonds is 4. The van der Waals surface area contributed by atoms with Gasteiger partial charge < -0.3 is 10.2 Å². The molecule has 0 atom stereocenters. The van der Waals surface area contributed by atoms with Crippen LogP contribution in [-0.2, 0) is 17.6 Å². The summed E-state index contributed by atoms with van der Waals surface area (Å²) in [4.78, 5) is 28.8. The number of nitrogens with one attached hydrogen (secondary N) is 1. The number of hydrogen-bond acceptors (Lipinski definition) is 3. The van der Waals surface area contributed by atoms with Crippen molar-refractivity contribution in [2.75, 3.05) is 18.9 Å². The summed E-state index contributed by atoms with van der Waals surface area (Å²) < 4.78 is 0. The van der Waals surface area contributed by atoms with Gasteiger partial charge in [0.1, 0.15) is 0 Å². The number of carbonyl (C=O) groups excluding carboxylic acids is 2. The third-order valence-electron chi connectivity index (χ3n) is 5.00. The van der Waals surface area contributed by atoms with Crippen LogP contribution in [0.2, 0.25) is 0 Å². The highest BCUT2D eigenvalue weighted by Crippen LogP contribution is 2.30. The molecule has 2 amide bonds. The molecule has 27 heavy (non-hydrogen) atoms. The summed E-state index contributed by atoms with van der Waals surface area (Å²) in [6.45, 7) is 0.0324. The quantitative estimate of drug-likeness (QED) is 0.727. The molecule has 2 aromatic carbocycles.